The van der Waals surface area contributed by atoms with Crippen LogP contribution in [-0.2, 0) is 11.3 Å². The van der Waals surface area contributed by atoms with E-state index in [1.807, 2.05) is 0 Å². The molecule has 1 aromatic heterocycles. The fourth-order valence-electron chi connectivity index (χ4n) is 1.04. The van der Waals surface area contributed by atoms with Crippen molar-refractivity contribution in [3.8, 4) is 0 Å². The van der Waals surface area contributed by atoms with Crippen LogP contribution in [0.1, 0.15) is 31.9 Å². The molecule has 0 aromatic carbocycles. The molecule has 0 aliphatic heterocycles. The van der Waals surface area contributed by atoms with Crippen molar-refractivity contribution in [2.75, 3.05) is 12.0 Å². The van der Waals surface area contributed by atoms with Gasteiger partial charge in [-0.1, -0.05) is 24.3 Å². The zero-order valence-electron chi connectivity index (χ0n) is 8.32. The third-order valence-corrected chi connectivity index (χ3v) is 2.52. The van der Waals surface area contributed by atoms with Gasteiger partial charge in [0.1, 0.15) is 10.7 Å². The second-order valence-electron chi connectivity index (χ2n) is 2.95. The maximum absolute atomic E-state index is 5.43. The quantitative estimate of drug-likeness (QED) is 0.411. The molecular weight excluding hydrogens is 200 g/mol. The molecule has 0 spiro atoms. The minimum Gasteiger partial charge on any atom is -0.375 e. The molecule has 0 saturated carbocycles. The molecule has 0 bridgehead atoms. The summed E-state index contributed by atoms with van der Waals surface area (Å²) in [5.74, 6) is 5.27. The predicted molar refractivity (Wildman–Crippen MR) is 56.9 cm³/mol. The van der Waals surface area contributed by atoms with Gasteiger partial charge in [0.05, 0.1) is 6.61 Å². The fourth-order valence-corrected chi connectivity index (χ4v) is 1.51. The molecule has 14 heavy (non-hydrogen) atoms. The zero-order chi connectivity index (χ0) is 10.2. The van der Waals surface area contributed by atoms with Gasteiger partial charge in [0.15, 0.2) is 0 Å². The van der Waals surface area contributed by atoms with Crippen molar-refractivity contribution >= 4 is 16.5 Å². The summed E-state index contributed by atoms with van der Waals surface area (Å²) >= 11 is 1.24. The van der Waals surface area contributed by atoms with Crippen LogP contribution in [0, 0.1) is 0 Å². The Morgan fingerprint density at radius 2 is 2.36 bits per heavy atom. The lowest BCUT2D eigenvalue weighted by Gasteiger charge is -2.02. The Balaban J connectivity index is 2.17. The summed E-state index contributed by atoms with van der Waals surface area (Å²) in [7, 11) is 0. The highest BCUT2D eigenvalue weighted by Crippen LogP contribution is 2.16. The summed E-state index contributed by atoms with van der Waals surface area (Å²) in [6.45, 7) is 3.43. The van der Waals surface area contributed by atoms with Crippen LogP contribution in [0.4, 0.5) is 5.00 Å². The number of hydrazine groups is 1. The van der Waals surface area contributed by atoms with E-state index in [1.165, 1.54) is 24.4 Å². The molecule has 0 aliphatic carbocycles. The first-order valence-corrected chi connectivity index (χ1v) is 5.51. The van der Waals surface area contributed by atoms with Crippen LogP contribution in [0.25, 0.3) is 0 Å². The Hall–Kier alpha value is -0.720. The first kappa shape index (κ1) is 11.4. The first-order chi connectivity index (χ1) is 6.88. The van der Waals surface area contributed by atoms with E-state index in [1.54, 1.807) is 0 Å². The molecule has 1 heterocycles. The highest BCUT2D eigenvalue weighted by Gasteiger charge is 2.05. The van der Waals surface area contributed by atoms with Gasteiger partial charge in [-0.2, -0.15) is 0 Å². The topological polar surface area (TPSA) is 73.1 Å². The van der Waals surface area contributed by atoms with Crippen molar-refractivity contribution in [3.63, 3.8) is 0 Å². The van der Waals surface area contributed by atoms with Gasteiger partial charge in [-0.25, -0.2) is 5.84 Å². The molecule has 0 fully saturated rings. The molecule has 3 N–H and O–H groups in total. The minimum atomic E-state index is 0.486. The molecule has 0 atom stereocenters. The highest BCUT2D eigenvalue weighted by atomic mass is 32.1. The smallest absolute Gasteiger partial charge is 0.149 e. The Morgan fingerprint density at radius 3 is 3.07 bits per heavy atom. The summed E-state index contributed by atoms with van der Waals surface area (Å²) in [5.41, 5.74) is 3.33. The second kappa shape index (κ2) is 6.69. The molecule has 5 nitrogen and oxygen atoms in total. The Morgan fingerprint density at radius 1 is 1.50 bits per heavy atom. The molecule has 1 aromatic rings. The van der Waals surface area contributed by atoms with Gasteiger partial charge in [-0.05, 0) is 6.42 Å². The third-order valence-electron chi connectivity index (χ3n) is 1.82. The molecule has 0 aliphatic rings. The number of nitrogens with zero attached hydrogens (tertiary/aromatic N) is 2. The number of anilines is 1. The van der Waals surface area contributed by atoms with E-state index in [0.29, 0.717) is 6.61 Å². The van der Waals surface area contributed by atoms with E-state index in [0.717, 1.165) is 23.7 Å². The fraction of sp³-hybridized carbons (Fsp3) is 0.750. The van der Waals surface area contributed by atoms with Gasteiger partial charge in [-0.3, -0.25) is 0 Å². The number of hydrogen-bond acceptors (Lipinski definition) is 6. The number of nitrogens with one attached hydrogen (secondary N) is 1. The molecule has 80 valence electrons. The van der Waals surface area contributed by atoms with E-state index in [9.17, 15) is 0 Å². The summed E-state index contributed by atoms with van der Waals surface area (Å²) in [6.07, 6.45) is 3.51. The maximum Gasteiger partial charge on any atom is 0.149 e. The maximum atomic E-state index is 5.43. The van der Waals surface area contributed by atoms with Crippen LogP contribution >= 0.6 is 11.5 Å². The van der Waals surface area contributed by atoms with Crippen LogP contribution < -0.4 is 11.3 Å². The van der Waals surface area contributed by atoms with Gasteiger partial charge in [-0.15, -0.1) is 5.10 Å². The number of ether oxygens (including phenoxy) is 1. The SMILES string of the molecule is CCCCCOCc1nnsc1NN. The largest absolute Gasteiger partial charge is 0.375 e. The Kier molecular flexibility index (Phi) is 5.43. The van der Waals surface area contributed by atoms with Gasteiger partial charge < -0.3 is 10.2 Å². The average molecular weight is 216 g/mol. The summed E-state index contributed by atoms with van der Waals surface area (Å²) in [4.78, 5) is 0. The Bertz CT molecular complexity index is 253. The van der Waals surface area contributed by atoms with Crippen molar-refractivity contribution in [2.45, 2.75) is 32.8 Å². The molecule has 0 unspecified atom stereocenters. The zero-order valence-corrected chi connectivity index (χ0v) is 9.14. The average Bonchev–Trinajstić information content (AvgIpc) is 2.65. The van der Waals surface area contributed by atoms with Crippen molar-refractivity contribution in [2.24, 2.45) is 5.84 Å². The van der Waals surface area contributed by atoms with Gasteiger partial charge in [0.25, 0.3) is 0 Å². The lowest BCUT2D eigenvalue weighted by molar-refractivity contribution is 0.115. The lowest BCUT2D eigenvalue weighted by Crippen LogP contribution is -2.08. The predicted octanol–water partition coefficient (Wildman–Crippen LogP) is 1.53. The standard InChI is InChI=1S/C8H16N4OS/c1-2-3-4-5-13-6-7-8(10-9)14-12-11-7/h10H,2-6,9H2,1H3. The monoisotopic (exact) mass is 216 g/mol. The van der Waals surface area contributed by atoms with Crippen molar-refractivity contribution in [3.05, 3.63) is 5.69 Å². The Labute approximate surface area is 87.8 Å². The van der Waals surface area contributed by atoms with Crippen molar-refractivity contribution < 1.29 is 4.74 Å². The molecule has 0 radical (unpaired) electrons. The summed E-state index contributed by atoms with van der Waals surface area (Å²) < 4.78 is 9.21. The van der Waals surface area contributed by atoms with Crippen LogP contribution in [-0.4, -0.2) is 16.2 Å². The van der Waals surface area contributed by atoms with Crippen molar-refractivity contribution in [1.82, 2.24) is 9.59 Å². The van der Waals surface area contributed by atoms with Gasteiger partial charge in [0.2, 0.25) is 0 Å². The number of aromatic nitrogens is 2. The molecule has 1 rings (SSSR count). The van der Waals surface area contributed by atoms with Crippen LogP contribution in [0.5, 0.6) is 0 Å². The number of nitrogens with two attached hydrogens (primary N) is 1. The van der Waals surface area contributed by atoms with Crippen LogP contribution in [0.3, 0.4) is 0 Å². The van der Waals surface area contributed by atoms with Crippen LogP contribution in [0.15, 0.2) is 0 Å². The first-order valence-electron chi connectivity index (χ1n) is 4.74. The minimum absolute atomic E-state index is 0.486. The summed E-state index contributed by atoms with van der Waals surface area (Å²) in [6, 6.07) is 0. The number of unbranched alkanes of at least 4 members (excludes halogenated alkanes) is 2. The normalized spacial score (nSPS) is 10.4. The number of hydrogen-bond donors (Lipinski definition) is 2. The number of rotatable bonds is 7. The van der Waals surface area contributed by atoms with Crippen molar-refractivity contribution in [1.29, 1.82) is 0 Å². The molecule has 6 heteroatoms. The third kappa shape index (κ3) is 3.57. The summed E-state index contributed by atoms with van der Waals surface area (Å²) in [5, 5.41) is 4.68. The van der Waals surface area contributed by atoms with Crippen LogP contribution in [0.2, 0.25) is 0 Å². The van der Waals surface area contributed by atoms with E-state index in [4.69, 9.17) is 10.6 Å². The van der Waals surface area contributed by atoms with Gasteiger partial charge >= 0.3 is 0 Å². The van der Waals surface area contributed by atoms with E-state index in [-0.39, 0.29) is 0 Å². The van der Waals surface area contributed by atoms with E-state index in [2.05, 4.69) is 21.9 Å². The molecule has 0 saturated heterocycles. The molecular formula is C8H16N4OS. The number of nitrogen functional groups attached to an aromatic ring is 1. The van der Waals surface area contributed by atoms with E-state index < -0.39 is 0 Å². The second-order valence-corrected chi connectivity index (χ2v) is 3.71. The molecule has 0 amide bonds. The van der Waals surface area contributed by atoms with E-state index >= 15 is 0 Å². The van der Waals surface area contributed by atoms with Gasteiger partial charge in [0, 0.05) is 18.1 Å². The highest BCUT2D eigenvalue weighted by molar-refractivity contribution is 7.10. The lowest BCUT2D eigenvalue weighted by atomic mass is 10.3.